The summed E-state index contributed by atoms with van der Waals surface area (Å²) in [5.74, 6) is -0.563. The molecule has 0 fully saturated rings. The first-order valence-electron chi connectivity index (χ1n) is 20.1. The standard InChI is InChI=1S/C48H57N2O10P/c1-7-8-9-39-24-42(30-59-46-20-14-37(15-21-46)23-41(28-57-34(3)52)29-58-35(4)53)47(61-32-38-12-16-44(49-5)17-13-38)43(25-39)31-60-48(54)50-45-18-10-36(11-19-45)22-40(26-55-6)27-56-33(2)51/h10-25,49,61H,7-9,26-32H2,1-6H3,(H,50,54)/b40-22+. The van der Waals surface area contributed by atoms with Crippen molar-refractivity contribution in [2.24, 2.45) is 0 Å². The summed E-state index contributed by atoms with van der Waals surface area (Å²) in [7, 11) is 3.84. The number of amides is 1. The van der Waals surface area contributed by atoms with Gasteiger partial charge in [-0.25, -0.2) is 4.79 Å². The Morgan fingerprint density at radius 1 is 0.639 bits per heavy atom. The molecule has 0 saturated heterocycles. The van der Waals surface area contributed by atoms with Crippen LogP contribution in [0.5, 0.6) is 5.75 Å². The average Bonchev–Trinajstić information content (AvgIpc) is 3.25. The molecule has 12 nitrogen and oxygen atoms in total. The number of aryl methyl sites for hydroxylation is 1. The molecular formula is C48H57N2O10P. The molecule has 0 bridgehead atoms. The highest BCUT2D eigenvalue weighted by atomic mass is 31.1. The largest absolute Gasteiger partial charge is 0.489 e. The summed E-state index contributed by atoms with van der Waals surface area (Å²) < 4.78 is 33.0. The molecule has 1 amide bonds. The monoisotopic (exact) mass is 852 g/mol. The molecule has 0 aromatic heterocycles. The molecule has 4 rings (SSSR count). The number of methoxy groups -OCH3 is 1. The topological polar surface area (TPSA) is 148 Å². The second kappa shape index (κ2) is 25.6. The van der Waals surface area contributed by atoms with Crippen LogP contribution in [0.4, 0.5) is 16.2 Å². The number of esters is 3. The number of carbonyl (C=O) groups is 4. The smallest absolute Gasteiger partial charge is 0.411 e. The van der Waals surface area contributed by atoms with Crippen molar-refractivity contribution >= 4 is 61.4 Å². The fourth-order valence-corrected chi connectivity index (χ4v) is 7.43. The van der Waals surface area contributed by atoms with E-state index in [1.807, 2.05) is 55.6 Å². The first kappa shape index (κ1) is 47.7. The predicted molar refractivity (Wildman–Crippen MR) is 241 cm³/mol. The minimum absolute atomic E-state index is 0.00865. The Bertz CT molecular complexity index is 2090. The molecule has 4 aromatic carbocycles. The lowest BCUT2D eigenvalue weighted by Gasteiger charge is -2.19. The van der Waals surface area contributed by atoms with E-state index in [2.05, 4.69) is 54.0 Å². The van der Waals surface area contributed by atoms with Gasteiger partial charge in [-0.3, -0.25) is 19.7 Å². The predicted octanol–water partition coefficient (Wildman–Crippen LogP) is 9.01. The quantitative estimate of drug-likeness (QED) is 0.0419. The van der Waals surface area contributed by atoms with Crippen molar-refractivity contribution in [2.45, 2.75) is 66.3 Å². The molecule has 0 saturated carbocycles. The van der Waals surface area contributed by atoms with Crippen molar-refractivity contribution in [2.75, 3.05) is 51.2 Å². The number of hydrogen-bond acceptors (Lipinski definition) is 11. The summed E-state index contributed by atoms with van der Waals surface area (Å²) in [6, 6.07) is 27.5. The number of benzene rings is 4. The van der Waals surface area contributed by atoms with Gasteiger partial charge in [0.1, 0.15) is 38.8 Å². The Hall–Kier alpha value is -5.97. The Kier molecular flexibility index (Phi) is 20.0. The van der Waals surface area contributed by atoms with Crippen LogP contribution in [0.3, 0.4) is 0 Å². The molecule has 1 atom stereocenters. The van der Waals surface area contributed by atoms with Gasteiger partial charge in [0.2, 0.25) is 0 Å². The third kappa shape index (κ3) is 17.7. The SMILES string of the molecule is CCCCc1cc(COC(=O)Nc2ccc(/C=C(\COC)COC(C)=O)cc2)c(PCc2ccc(NC)cc2)c(COc2ccc(C=C(COC(C)=O)COC(C)=O)cc2)c1. The lowest BCUT2D eigenvalue weighted by Crippen LogP contribution is -2.19. The van der Waals surface area contributed by atoms with E-state index in [4.69, 9.17) is 28.4 Å². The number of hydrogen-bond donors (Lipinski definition) is 2. The first-order chi connectivity index (χ1) is 29.4. The van der Waals surface area contributed by atoms with E-state index in [0.717, 1.165) is 69.8 Å². The van der Waals surface area contributed by atoms with Crippen LogP contribution in [0.1, 0.15) is 73.9 Å². The third-order valence-corrected chi connectivity index (χ3v) is 10.7. The van der Waals surface area contributed by atoms with E-state index in [-0.39, 0.29) is 32.4 Å². The van der Waals surface area contributed by atoms with Gasteiger partial charge in [0, 0.05) is 51.9 Å². The summed E-state index contributed by atoms with van der Waals surface area (Å²) >= 11 is 0. The minimum Gasteiger partial charge on any atom is -0.489 e. The molecule has 324 valence electrons. The second-order valence-electron chi connectivity index (χ2n) is 14.3. The van der Waals surface area contributed by atoms with Crippen LogP contribution in [0.25, 0.3) is 12.2 Å². The van der Waals surface area contributed by atoms with Gasteiger partial charge in [-0.05, 0) is 106 Å². The van der Waals surface area contributed by atoms with Gasteiger partial charge >= 0.3 is 24.0 Å². The molecular weight excluding hydrogens is 796 g/mol. The maximum absolute atomic E-state index is 13.2. The van der Waals surface area contributed by atoms with E-state index < -0.39 is 18.0 Å². The maximum atomic E-state index is 13.2. The van der Waals surface area contributed by atoms with Gasteiger partial charge in [-0.15, -0.1) is 0 Å². The third-order valence-electron chi connectivity index (χ3n) is 9.14. The van der Waals surface area contributed by atoms with Crippen LogP contribution >= 0.6 is 8.58 Å². The number of nitrogens with one attached hydrogen (secondary N) is 2. The normalized spacial score (nSPS) is 11.1. The fraction of sp³-hybridized carbons (Fsp3) is 0.333. The molecule has 4 aromatic rings. The van der Waals surface area contributed by atoms with Crippen molar-refractivity contribution in [3.8, 4) is 5.75 Å². The molecule has 0 heterocycles. The number of ether oxygens (including phenoxy) is 6. The lowest BCUT2D eigenvalue weighted by atomic mass is 10.0. The number of anilines is 2. The van der Waals surface area contributed by atoms with Crippen LogP contribution in [-0.2, 0) is 63.9 Å². The lowest BCUT2D eigenvalue weighted by molar-refractivity contribution is -0.142. The van der Waals surface area contributed by atoms with Gasteiger partial charge in [0.05, 0.1) is 6.61 Å². The molecule has 0 aliphatic heterocycles. The highest BCUT2D eigenvalue weighted by molar-refractivity contribution is 7.46. The average molecular weight is 853 g/mol. The van der Waals surface area contributed by atoms with E-state index in [0.29, 0.717) is 38.8 Å². The zero-order valence-corrected chi connectivity index (χ0v) is 36.9. The second-order valence-corrected chi connectivity index (χ2v) is 15.5. The van der Waals surface area contributed by atoms with Crippen molar-refractivity contribution in [1.82, 2.24) is 0 Å². The zero-order chi connectivity index (χ0) is 44.0. The van der Waals surface area contributed by atoms with E-state index >= 15 is 0 Å². The highest BCUT2D eigenvalue weighted by Crippen LogP contribution is 2.27. The molecule has 1 unspecified atom stereocenters. The van der Waals surface area contributed by atoms with E-state index in [1.165, 1.54) is 26.3 Å². The van der Waals surface area contributed by atoms with Crippen LogP contribution in [0.15, 0.2) is 96.1 Å². The Morgan fingerprint density at radius 3 is 1.69 bits per heavy atom. The minimum atomic E-state index is -0.579. The number of unbranched alkanes of at least 4 members (excludes halogenated alkanes) is 1. The number of carbonyl (C=O) groups excluding carboxylic acids is 4. The van der Waals surface area contributed by atoms with Crippen LogP contribution < -0.4 is 20.7 Å². The van der Waals surface area contributed by atoms with Crippen LogP contribution in [0.2, 0.25) is 0 Å². The summed E-state index contributed by atoms with van der Waals surface area (Å²) in [5, 5.41) is 7.10. The Labute approximate surface area is 360 Å². The maximum Gasteiger partial charge on any atom is 0.411 e. The number of rotatable bonds is 23. The van der Waals surface area contributed by atoms with Crippen molar-refractivity contribution < 1.29 is 47.6 Å². The van der Waals surface area contributed by atoms with Crippen LogP contribution in [-0.4, -0.2) is 64.6 Å². The molecule has 0 aliphatic rings. The highest BCUT2D eigenvalue weighted by Gasteiger charge is 2.16. The van der Waals surface area contributed by atoms with Crippen LogP contribution in [0, 0.1) is 0 Å². The molecule has 0 aliphatic carbocycles. The molecule has 0 radical (unpaired) electrons. The van der Waals surface area contributed by atoms with Gasteiger partial charge in [-0.1, -0.05) is 76.5 Å². The van der Waals surface area contributed by atoms with Crippen molar-refractivity contribution in [3.63, 3.8) is 0 Å². The summed E-state index contributed by atoms with van der Waals surface area (Å²) in [4.78, 5) is 47.4. The molecule has 13 heteroatoms. The van der Waals surface area contributed by atoms with Crippen molar-refractivity contribution in [3.05, 3.63) is 129 Å². The Balaban J connectivity index is 1.55. The van der Waals surface area contributed by atoms with Crippen molar-refractivity contribution in [1.29, 1.82) is 0 Å². The van der Waals surface area contributed by atoms with E-state index in [1.54, 1.807) is 19.2 Å². The summed E-state index contributed by atoms with van der Waals surface area (Å²) in [5.41, 5.74) is 9.01. The first-order valence-corrected chi connectivity index (χ1v) is 21.3. The van der Waals surface area contributed by atoms with Gasteiger partial charge in [-0.2, -0.15) is 0 Å². The molecule has 2 N–H and O–H groups in total. The summed E-state index contributed by atoms with van der Waals surface area (Å²) in [6.07, 6.45) is 6.83. The Morgan fingerprint density at radius 2 is 1.16 bits per heavy atom. The molecule has 0 spiro atoms. The van der Waals surface area contributed by atoms with Gasteiger partial charge < -0.3 is 33.7 Å². The van der Waals surface area contributed by atoms with Gasteiger partial charge in [0.25, 0.3) is 0 Å². The van der Waals surface area contributed by atoms with E-state index in [9.17, 15) is 19.2 Å². The zero-order valence-electron chi connectivity index (χ0n) is 35.9. The fourth-order valence-electron chi connectivity index (χ4n) is 6.07. The molecule has 61 heavy (non-hydrogen) atoms. The van der Waals surface area contributed by atoms with Gasteiger partial charge in [0.15, 0.2) is 0 Å². The summed E-state index contributed by atoms with van der Waals surface area (Å²) in [6.45, 7) is 7.00.